The van der Waals surface area contributed by atoms with E-state index in [0.29, 0.717) is 6.07 Å². The van der Waals surface area contributed by atoms with Crippen LogP contribution >= 0.6 is 11.6 Å². The highest BCUT2D eigenvalue weighted by Crippen LogP contribution is 2.35. The van der Waals surface area contributed by atoms with Crippen molar-refractivity contribution in [3.05, 3.63) is 101 Å². The highest BCUT2D eigenvalue weighted by molar-refractivity contribution is 6.32. The molecule has 0 unspecified atom stereocenters. The summed E-state index contributed by atoms with van der Waals surface area (Å²) in [5, 5.41) is 1.88. The summed E-state index contributed by atoms with van der Waals surface area (Å²) in [6.07, 6.45) is -1.17. The van der Waals surface area contributed by atoms with Crippen LogP contribution in [0.1, 0.15) is 15.9 Å². The molecule has 2 rings (SSSR count). The normalized spacial score (nSPS) is 12.1. The zero-order valence-corrected chi connectivity index (χ0v) is 15.8. The van der Waals surface area contributed by atoms with Crippen LogP contribution in [0.25, 0.3) is 0 Å². The summed E-state index contributed by atoms with van der Waals surface area (Å²) in [7, 11) is 0. The summed E-state index contributed by atoms with van der Waals surface area (Å²) in [5.74, 6) is -3.32. The van der Waals surface area contributed by atoms with E-state index in [1.807, 2.05) is 0 Å². The number of rotatable bonds is 6. The van der Waals surface area contributed by atoms with E-state index in [0.717, 1.165) is 36.5 Å². The number of hydrogen-bond acceptors (Lipinski definition) is 3. The van der Waals surface area contributed by atoms with Gasteiger partial charge in [-0.3, -0.25) is 4.79 Å². The summed E-state index contributed by atoms with van der Waals surface area (Å²) >= 11 is 5.80. The Morgan fingerprint density at radius 1 is 1.13 bits per heavy atom. The van der Waals surface area contributed by atoms with Crippen LogP contribution in [0.3, 0.4) is 0 Å². The smallest absolute Gasteiger partial charge is 0.416 e. The van der Waals surface area contributed by atoms with E-state index in [9.17, 15) is 26.7 Å². The summed E-state index contributed by atoms with van der Waals surface area (Å²) < 4.78 is 70.6. The molecule has 0 radical (unpaired) electrons. The molecular formula is C20H14ClF5N2O2. The molecule has 3 N–H and O–H groups in total. The Kier molecular flexibility index (Phi) is 7.23. The van der Waals surface area contributed by atoms with Gasteiger partial charge in [-0.2, -0.15) is 13.2 Å². The molecule has 2 aromatic rings. The van der Waals surface area contributed by atoms with Crippen molar-refractivity contribution in [2.24, 2.45) is 5.73 Å². The Morgan fingerprint density at radius 2 is 1.77 bits per heavy atom. The zero-order chi connectivity index (χ0) is 22.5. The lowest BCUT2D eigenvalue weighted by Crippen LogP contribution is -2.23. The van der Waals surface area contributed by atoms with E-state index in [1.165, 1.54) is 12.2 Å². The molecule has 2 aromatic carbocycles. The number of ether oxygens (including phenoxy) is 1. The molecule has 0 aliphatic heterocycles. The van der Waals surface area contributed by atoms with Crippen molar-refractivity contribution >= 4 is 17.5 Å². The van der Waals surface area contributed by atoms with Gasteiger partial charge in [0.25, 0.3) is 5.91 Å². The molecule has 0 saturated heterocycles. The molecule has 0 atom stereocenters. The predicted molar refractivity (Wildman–Crippen MR) is 101 cm³/mol. The number of allylic oxidation sites excluding steroid dienone is 2. The van der Waals surface area contributed by atoms with Gasteiger partial charge in [-0.25, -0.2) is 8.78 Å². The van der Waals surface area contributed by atoms with E-state index < -0.39 is 34.8 Å². The molecule has 30 heavy (non-hydrogen) atoms. The Morgan fingerprint density at radius 3 is 2.30 bits per heavy atom. The SMILES string of the molecule is C=C(/C=C\C(=C/N)Oc1ccc(C(F)(F)F)cc1Cl)NC(=O)c1c(F)cccc1F. The second-order valence-corrected chi connectivity index (χ2v) is 6.13. The third-order valence-corrected chi connectivity index (χ3v) is 3.86. The lowest BCUT2D eigenvalue weighted by molar-refractivity contribution is -0.137. The fraction of sp³-hybridized carbons (Fsp3) is 0.0500. The highest BCUT2D eigenvalue weighted by Gasteiger charge is 2.31. The molecule has 158 valence electrons. The maximum atomic E-state index is 13.6. The van der Waals surface area contributed by atoms with Crippen LogP contribution in [-0.2, 0) is 6.18 Å². The first kappa shape index (κ1) is 23.0. The largest absolute Gasteiger partial charge is 0.454 e. The summed E-state index contributed by atoms with van der Waals surface area (Å²) in [6, 6.07) is 5.44. The van der Waals surface area contributed by atoms with Crippen LogP contribution < -0.4 is 15.8 Å². The van der Waals surface area contributed by atoms with Crippen molar-refractivity contribution in [3.63, 3.8) is 0 Å². The van der Waals surface area contributed by atoms with Gasteiger partial charge in [0.2, 0.25) is 0 Å². The minimum Gasteiger partial charge on any atom is -0.454 e. The number of alkyl halides is 3. The molecular weight excluding hydrogens is 431 g/mol. The van der Waals surface area contributed by atoms with Crippen LogP contribution in [-0.4, -0.2) is 5.91 Å². The number of nitrogens with two attached hydrogens (primary N) is 1. The van der Waals surface area contributed by atoms with Crippen LogP contribution in [0, 0.1) is 11.6 Å². The number of carbonyl (C=O) groups is 1. The van der Waals surface area contributed by atoms with Gasteiger partial charge in [-0.05, 0) is 42.5 Å². The van der Waals surface area contributed by atoms with Crippen molar-refractivity contribution in [2.75, 3.05) is 0 Å². The van der Waals surface area contributed by atoms with E-state index >= 15 is 0 Å². The van der Waals surface area contributed by atoms with Crippen LogP contribution in [0.5, 0.6) is 5.75 Å². The van der Waals surface area contributed by atoms with Crippen LogP contribution in [0.2, 0.25) is 5.02 Å². The van der Waals surface area contributed by atoms with Crippen LogP contribution in [0.15, 0.2) is 72.8 Å². The fourth-order valence-electron chi connectivity index (χ4n) is 2.16. The molecule has 0 heterocycles. The number of amides is 1. The number of hydrogen-bond donors (Lipinski definition) is 2. The Hall–Kier alpha value is -3.33. The highest BCUT2D eigenvalue weighted by atomic mass is 35.5. The van der Waals surface area contributed by atoms with Crippen molar-refractivity contribution in [1.29, 1.82) is 0 Å². The molecule has 0 fully saturated rings. The van der Waals surface area contributed by atoms with E-state index in [2.05, 4.69) is 11.9 Å². The molecule has 0 saturated carbocycles. The molecule has 4 nitrogen and oxygen atoms in total. The average molecular weight is 445 g/mol. The Labute approximate surface area is 173 Å². The summed E-state index contributed by atoms with van der Waals surface area (Å²) in [5.41, 5.74) is 3.61. The van der Waals surface area contributed by atoms with Crippen molar-refractivity contribution in [1.82, 2.24) is 5.32 Å². The van der Waals surface area contributed by atoms with Crippen molar-refractivity contribution < 1.29 is 31.5 Å². The Bertz CT molecular complexity index is 1010. The minimum absolute atomic E-state index is 0.0517. The first-order valence-corrected chi connectivity index (χ1v) is 8.49. The molecule has 0 spiro atoms. The number of carbonyl (C=O) groups excluding carboxylic acids is 1. The van der Waals surface area contributed by atoms with Gasteiger partial charge in [0.05, 0.1) is 10.6 Å². The number of nitrogens with one attached hydrogen (secondary N) is 1. The third kappa shape index (κ3) is 5.84. The minimum atomic E-state index is -4.57. The average Bonchev–Trinajstić information content (AvgIpc) is 2.65. The van der Waals surface area contributed by atoms with Crippen molar-refractivity contribution in [2.45, 2.75) is 6.18 Å². The lowest BCUT2D eigenvalue weighted by Gasteiger charge is -2.11. The van der Waals surface area contributed by atoms with Crippen molar-refractivity contribution in [3.8, 4) is 5.75 Å². The first-order chi connectivity index (χ1) is 14.0. The van der Waals surface area contributed by atoms with Gasteiger partial charge in [0.15, 0.2) is 0 Å². The van der Waals surface area contributed by atoms with Gasteiger partial charge >= 0.3 is 6.18 Å². The second-order valence-electron chi connectivity index (χ2n) is 5.72. The van der Waals surface area contributed by atoms with E-state index in [1.54, 1.807) is 0 Å². The topological polar surface area (TPSA) is 64.3 Å². The monoisotopic (exact) mass is 444 g/mol. The zero-order valence-electron chi connectivity index (χ0n) is 15.1. The van der Waals surface area contributed by atoms with E-state index in [-0.39, 0.29) is 22.2 Å². The molecule has 0 aliphatic carbocycles. The maximum Gasteiger partial charge on any atom is 0.416 e. The first-order valence-electron chi connectivity index (χ1n) is 8.11. The van der Waals surface area contributed by atoms with Gasteiger partial charge in [0.1, 0.15) is 28.7 Å². The number of halogens is 6. The molecule has 0 bridgehead atoms. The lowest BCUT2D eigenvalue weighted by atomic mass is 10.2. The molecule has 0 aliphatic rings. The fourth-order valence-corrected chi connectivity index (χ4v) is 2.38. The molecule has 1 amide bonds. The standard InChI is InChI=1S/C20H14ClF5N2O2/c1-11(28-19(29)18-15(22)3-2-4-16(18)23)5-7-13(10-27)30-17-8-6-12(9-14(17)21)20(24,25)26/h2-10H,1,27H2,(H,28,29)/b7-5-,13-10+. The van der Waals surface area contributed by atoms with Gasteiger partial charge in [-0.1, -0.05) is 24.2 Å². The summed E-state index contributed by atoms with van der Waals surface area (Å²) in [4.78, 5) is 12.0. The quantitative estimate of drug-likeness (QED) is 0.360. The van der Waals surface area contributed by atoms with Gasteiger partial charge < -0.3 is 15.8 Å². The van der Waals surface area contributed by atoms with E-state index in [4.69, 9.17) is 22.1 Å². The van der Waals surface area contributed by atoms with Gasteiger partial charge in [0, 0.05) is 11.9 Å². The molecule has 10 heteroatoms. The van der Waals surface area contributed by atoms with Crippen LogP contribution in [0.4, 0.5) is 22.0 Å². The predicted octanol–water partition coefficient (Wildman–Crippen LogP) is 5.32. The summed E-state index contributed by atoms with van der Waals surface area (Å²) in [6.45, 7) is 3.51. The number of benzene rings is 2. The maximum absolute atomic E-state index is 13.6. The second kappa shape index (κ2) is 9.45. The van der Waals surface area contributed by atoms with Gasteiger partial charge in [-0.15, -0.1) is 0 Å². The Balaban J connectivity index is 2.07. The third-order valence-electron chi connectivity index (χ3n) is 3.56. The molecule has 0 aromatic heterocycles.